The Bertz CT molecular complexity index is 246. The van der Waals surface area contributed by atoms with Crippen molar-refractivity contribution < 1.29 is 4.48 Å². The first kappa shape index (κ1) is 10.5. The second-order valence-electron chi connectivity index (χ2n) is 6.79. The third-order valence-electron chi connectivity index (χ3n) is 5.78. The minimum atomic E-state index is 0.583. The topological polar surface area (TPSA) is 0 Å². The lowest BCUT2D eigenvalue weighted by atomic mass is 9.62. The number of nitrogens with zero attached hydrogens (tertiary/aromatic N) is 1. The Hall–Kier alpha value is -0.0400. The molecule has 0 aromatic rings. The van der Waals surface area contributed by atoms with E-state index >= 15 is 0 Å². The molecule has 2 aliphatic rings. The number of quaternary nitrogens is 1. The van der Waals surface area contributed by atoms with Gasteiger partial charge in [0.05, 0.1) is 26.7 Å². The van der Waals surface area contributed by atoms with Crippen molar-refractivity contribution in [2.24, 2.45) is 16.7 Å². The minimum absolute atomic E-state index is 0.583. The maximum Gasteiger partial charge on any atom is 0.0844 e. The second-order valence-corrected chi connectivity index (χ2v) is 6.79. The molecule has 1 aliphatic heterocycles. The van der Waals surface area contributed by atoms with Crippen molar-refractivity contribution in [1.29, 1.82) is 0 Å². The largest absolute Gasteiger partial charge is 0.326 e. The molecule has 1 heteroatoms. The van der Waals surface area contributed by atoms with Crippen LogP contribution in [0.3, 0.4) is 0 Å². The lowest BCUT2D eigenvalue weighted by Gasteiger charge is -2.53. The molecule has 0 radical (unpaired) electrons. The molecule has 0 N–H and O–H groups in total. The predicted molar refractivity (Wildman–Crippen MR) is 61.1 cm³/mol. The first-order valence-electron chi connectivity index (χ1n) is 6.17. The highest BCUT2D eigenvalue weighted by Crippen LogP contribution is 2.60. The maximum atomic E-state index is 2.53. The van der Waals surface area contributed by atoms with Crippen molar-refractivity contribution in [3.63, 3.8) is 0 Å². The van der Waals surface area contributed by atoms with Gasteiger partial charge in [0.15, 0.2) is 0 Å². The van der Waals surface area contributed by atoms with Crippen molar-refractivity contribution >= 4 is 0 Å². The zero-order chi connectivity index (χ0) is 10.6. The first-order chi connectivity index (χ1) is 6.33. The molecular formula is C13H26N+. The van der Waals surface area contributed by atoms with Crippen molar-refractivity contribution in [2.75, 3.05) is 26.7 Å². The van der Waals surface area contributed by atoms with E-state index in [1.54, 1.807) is 0 Å². The standard InChI is InChI=1S/C13H26N/c1-6-14(5)9-11-7-8-13(4,10-14)12(11,2)3/h11H,6-10H2,1-5H3/q+1/t11-,13+,14+/m1/s1. The third kappa shape index (κ3) is 1.18. The van der Waals surface area contributed by atoms with Gasteiger partial charge in [-0.2, -0.15) is 0 Å². The van der Waals surface area contributed by atoms with Crippen LogP contribution in [0.25, 0.3) is 0 Å². The van der Waals surface area contributed by atoms with E-state index in [1.807, 2.05) is 0 Å². The smallest absolute Gasteiger partial charge is 0.0844 e. The Morgan fingerprint density at radius 1 is 1.29 bits per heavy atom. The Balaban J connectivity index is 2.31. The number of fused-ring (bicyclic) bond motifs is 2. The van der Waals surface area contributed by atoms with Crippen LogP contribution < -0.4 is 0 Å². The van der Waals surface area contributed by atoms with Crippen molar-refractivity contribution in [1.82, 2.24) is 0 Å². The summed E-state index contributed by atoms with van der Waals surface area (Å²) in [5.41, 5.74) is 1.18. The predicted octanol–water partition coefficient (Wildman–Crippen LogP) is 2.91. The molecule has 0 spiro atoms. The molecule has 0 amide bonds. The third-order valence-corrected chi connectivity index (χ3v) is 5.78. The Kier molecular flexibility index (Phi) is 2.06. The molecule has 1 saturated carbocycles. The van der Waals surface area contributed by atoms with E-state index in [1.165, 1.54) is 37.0 Å². The van der Waals surface area contributed by atoms with Gasteiger partial charge in [-0.1, -0.05) is 20.8 Å². The molecule has 2 rings (SSSR count). The quantitative estimate of drug-likeness (QED) is 0.566. The summed E-state index contributed by atoms with van der Waals surface area (Å²) in [5.74, 6) is 0.964. The van der Waals surface area contributed by atoms with E-state index in [-0.39, 0.29) is 0 Å². The molecule has 3 atom stereocenters. The summed E-state index contributed by atoms with van der Waals surface area (Å²) in [5, 5.41) is 0. The van der Waals surface area contributed by atoms with Crippen LogP contribution in [-0.4, -0.2) is 31.2 Å². The monoisotopic (exact) mass is 196 g/mol. The summed E-state index contributed by atoms with van der Waals surface area (Å²) in [7, 11) is 2.45. The Morgan fingerprint density at radius 3 is 2.43 bits per heavy atom. The van der Waals surface area contributed by atoms with Crippen LogP contribution in [0.1, 0.15) is 40.5 Å². The van der Waals surface area contributed by atoms with Crippen LogP contribution in [0.4, 0.5) is 0 Å². The van der Waals surface area contributed by atoms with E-state index < -0.39 is 0 Å². The highest BCUT2D eigenvalue weighted by Gasteiger charge is 2.59. The highest BCUT2D eigenvalue weighted by molar-refractivity contribution is 5.02. The van der Waals surface area contributed by atoms with Crippen molar-refractivity contribution in [3.05, 3.63) is 0 Å². The van der Waals surface area contributed by atoms with Crippen LogP contribution in [0.15, 0.2) is 0 Å². The van der Waals surface area contributed by atoms with Crippen LogP contribution in [0.2, 0.25) is 0 Å². The van der Waals surface area contributed by atoms with E-state index in [4.69, 9.17) is 0 Å². The first-order valence-corrected chi connectivity index (χ1v) is 6.17. The molecule has 1 heterocycles. The van der Waals surface area contributed by atoms with E-state index in [0.717, 1.165) is 5.92 Å². The number of likely N-dealkylation sites (tertiary alicyclic amines) is 1. The average molecular weight is 196 g/mol. The van der Waals surface area contributed by atoms with Crippen LogP contribution >= 0.6 is 0 Å². The number of hydrogen-bond donors (Lipinski definition) is 0. The number of piperidine rings is 1. The molecule has 0 aromatic heterocycles. The molecule has 1 saturated heterocycles. The summed E-state index contributed by atoms with van der Waals surface area (Å²) >= 11 is 0. The van der Waals surface area contributed by atoms with Gasteiger partial charge in [0, 0.05) is 11.3 Å². The number of rotatable bonds is 1. The van der Waals surface area contributed by atoms with Gasteiger partial charge in [-0.25, -0.2) is 0 Å². The second kappa shape index (κ2) is 2.75. The molecule has 0 aromatic carbocycles. The maximum absolute atomic E-state index is 2.53. The normalized spacial score (nSPS) is 50.8. The van der Waals surface area contributed by atoms with Crippen LogP contribution in [0.5, 0.6) is 0 Å². The van der Waals surface area contributed by atoms with Gasteiger partial charge in [0.25, 0.3) is 0 Å². The zero-order valence-corrected chi connectivity index (χ0v) is 10.6. The van der Waals surface area contributed by atoms with Gasteiger partial charge >= 0.3 is 0 Å². The van der Waals surface area contributed by atoms with Crippen LogP contribution in [-0.2, 0) is 0 Å². The molecule has 82 valence electrons. The zero-order valence-electron chi connectivity index (χ0n) is 10.6. The lowest BCUT2D eigenvalue weighted by Crippen LogP contribution is -2.61. The van der Waals surface area contributed by atoms with Gasteiger partial charge in [-0.05, 0) is 25.2 Å². The molecular weight excluding hydrogens is 170 g/mol. The number of hydrogen-bond acceptors (Lipinski definition) is 0. The highest BCUT2D eigenvalue weighted by atomic mass is 15.3. The van der Waals surface area contributed by atoms with Crippen molar-refractivity contribution in [3.8, 4) is 0 Å². The summed E-state index contributed by atoms with van der Waals surface area (Å²) in [6, 6.07) is 0. The van der Waals surface area contributed by atoms with E-state index in [0.29, 0.717) is 10.8 Å². The van der Waals surface area contributed by atoms with Gasteiger partial charge in [-0.3, -0.25) is 0 Å². The molecule has 1 aliphatic carbocycles. The average Bonchev–Trinajstić information content (AvgIpc) is 2.24. The minimum Gasteiger partial charge on any atom is -0.326 e. The van der Waals surface area contributed by atoms with Gasteiger partial charge < -0.3 is 4.48 Å². The van der Waals surface area contributed by atoms with E-state index in [2.05, 4.69) is 34.7 Å². The van der Waals surface area contributed by atoms with Gasteiger partial charge in [0.1, 0.15) is 0 Å². The molecule has 2 fully saturated rings. The summed E-state index contributed by atoms with van der Waals surface area (Å²) < 4.78 is 1.31. The SMILES string of the molecule is CC[N@@+]1(C)C[C@H]2CC[C@@](C)(C1)C2(C)C. The molecule has 0 unspecified atom stereocenters. The molecule has 2 bridgehead atoms. The molecule has 14 heavy (non-hydrogen) atoms. The van der Waals surface area contributed by atoms with Crippen molar-refractivity contribution in [2.45, 2.75) is 40.5 Å². The summed E-state index contributed by atoms with van der Waals surface area (Å²) in [6.45, 7) is 14.0. The fraction of sp³-hybridized carbons (Fsp3) is 1.00. The summed E-state index contributed by atoms with van der Waals surface area (Å²) in [4.78, 5) is 0. The summed E-state index contributed by atoms with van der Waals surface area (Å²) in [6.07, 6.45) is 2.93. The fourth-order valence-electron chi connectivity index (χ4n) is 3.95. The molecule has 1 nitrogen and oxygen atoms in total. The van der Waals surface area contributed by atoms with Gasteiger partial charge in [0.2, 0.25) is 0 Å². The van der Waals surface area contributed by atoms with Crippen LogP contribution in [0, 0.1) is 16.7 Å². The van der Waals surface area contributed by atoms with E-state index in [9.17, 15) is 0 Å². The lowest BCUT2D eigenvalue weighted by molar-refractivity contribution is -0.924. The fourth-order valence-corrected chi connectivity index (χ4v) is 3.95. The van der Waals surface area contributed by atoms with Gasteiger partial charge in [-0.15, -0.1) is 0 Å². The Labute approximate surface area is 89.1 Å². The Morgan fingerprint density at radius 2 is 1.93 bits per heavy atom.